The van der Waals surface area contributed by atoms with E-state index in [1.54, 1.807) is 0 Å². The van der Waals surface area contributed by atoms with Gasteiger partial charge in [0.15, 0.2) is 5.78 Å². The lowest BCUT2D eigenvalue weighted by molar-refractivity contribution is -0.144. The molecule has 2 aliphatic rings. The number of hydrogen-bond acceptors (Lipinski definition) is 3. The molecule has 3 atom stereocenters. The molecule has 2 saturated carbocycles. The average Bonchev–Trinajstić information content (AvgIpc) is 2.28. The molecule has 1 N–H and O–H groups in total. The van der Waals surface area contributed by atoms with Crippen LogP contribution in [0.25, 0.3) is 0 Å². The molecule has 2 aliphatic carbocycles. The van der Waals surface area contributed by atoms with Gasteiger partial charge in [-0.25, -0.2) is 0 Å². The maximum absolute atomic E-state index is 11.8. The third kappa shape index (κ3) is 0.998. The Balaban J connectivity index is 2.35. The minimum Gasteiger partial charge on any atom is -0.392 e. The van der Waals surface area contributed by atoms with E-state index in [4.69, 9.17) is 0 Å². The monoisotopic (exact) mass is 182 g/mol. The molecule has 0 aromatic heterocycles. The van der Waals surface area contributed by atoms with Gasteiger partial charge in [0, 0.05) is 5.92 Å². The number of fused-ring (bicyclic) bond motifs is 2. The van der Waals surface area contributed by atoms with Gasteiger partial charge < -0.3 is 5.11 Å². The van der Waals surface area contributed by atoms with E-state index >= 15 is 0 Å². The first-order valence-corrected chi connectivity index (χ1v) is 4.81. The normalized spacial score (nSPS) is 43.7. The van der Waals surface area contributed by atoms with E-state index < -0.39 is 11.5 Å². The van der Waals surface area contributed by atoms with Crippen LogP contribution in [0.15, 0.2) is 0 Å². The van der Waals surface area contributed by atoms with E-state index in [1.165, 1.54) is 6.92 Å². The van der Waals surface area contributed by atoms with Crippen LogP contribution in [0.5, 0.6) is 0 Å². The van der Waals surface area contributed by atoms with Crippen LogP contribution in [0.4, 0.5) is 0 Å². The minimum atomic E-state index is -0.704. The molecule has 3 heteroatoms. The minimum absolute atomic E-state index is 0.00116. The van der Waals surface area contributed by atoms with E-state index in [-0.39, 0.29) is 17.5 Å². The number of aliphatic hydroxyl groups excluding tert-OH is 1. The molecule has 0 saturated heterocycles. The van der Waals surface area contributed by atoms with E-state index in [0.717, 1.165) is 0 Å². The molecular weight excluding hydrogens is 168 g/mol. The number of carbonyl (C=O) groups excluding carboxylic acids is 2. The predicted octanol–water partition coefficient (Wildman–Crippen LogP) is 0.696. The first-order valence-electron chi connectivity index (χ1n) is 4.81. The van der Waals surface area contributed by atoms with E-state index in [1.807, 2.05) is 0 Å². The summed E-state index contributed by atoms with van der Waals surface area (Å²) in [5.41, 5.74) is -0.704. The fraction of sp³-hybridized carbons (Fsp3) is 0.800. The van der Waals surface area contributed by atoms with Crippen LogP contribution in [0, 0.1) is 11.3 Å². The van der Waals surface area contributed by atoms with Crippen molar-refractivity contribution in [3.8, 4) is 0 Å². The highest BCUT2D eigenvalue weighted by Gasteiger charge is 2.55. The van der Waals surface area contributed by atoms with E-state index in [2.05, 4.69) is 0 Å². The van der Waals surface area contributed by atoms with Crippen molar-refractivity contribution < 1.29 is 14.7 Å². The van der Waals surface area contributed by atoms with Crippen LogP contribution >= 0.6 is 0 Å². The molecule has 3 nitrogen and oxygen atoms in total. The quantitative estimate of drug-likeness (QED) is 0.607. The number of Topliss-reactive ketones (excluding diaryl/α,β-unsaturated/α-hetero) is 2. The van der Waals surface area contributed by atoms with E-state index in [0.29, 0.717) is 25.7 Å². The second-order valence-electron chi connectivity index (χ2n) is 4.25. The van der Waals surface area contributed by atoms with Crippen molar-refractivity contribution >= 4 is 11.6 Å². The zero-order valence-corrected chi connectivity index (χ0v) is 7.75. The summed E-state index contributed by atoms with van der Waals surface area (Å²) in [6.45, 7) is 1.50. The van der Waals surface area contributed by atoms with Gasteiger partial charge in [-0.15, -0.1) is 0 Å². The molecule has 0 spiro atoms. The van der Waals surface area contributed by atoms with Gasteiger partial charge in [0.25, 0.3) is 0 Å². The third-order valence-corrected chi connectivity index (χ3v) is 3.70. The Morgan fingerprint density at radius 1 is 1.46 bits per heavy atom. The van der Waals surface area contributed by atoms with Gasteiger partial charge in [0.05, 0.1) is 11.5 Å². The maximum atomic E-state index is 11.8. The second-order valence-corrected chi connectivity index (χ2v) is 4.25. The Bertz CT molecular complexity index is 271. The van der Waals surface area contributed by atoms with Gasteiger partial charge in [0.1, 0.15) is 5.78 Å². The molecule has 13 heavy (non-hydrogen) atoms. The molecule has 2 bridgehead atoms. The summed E-state index contributed by atoms with van der Waals surface area (Å²) in [4.78, 5) is 23.2. The van der Waals surface area contributed by atoms with Gasteiger partial charge in [-0.3, -0.25) is 9.59 Å². The highest BCUT2D eigenvalue weighted by molar-refractivity contribution is 6.09. The van der Waals surface area contributed by atoms with Crippen molar-refractivity contribution in [3.05, 3.63) is 0 Å². The first kappa shape index (κ1) is 8.88. The van der Waals surface area contributed by atoms with Crippen molar-refractivity contribution in [2.45, 2.75) is 38.7 Å². The van der Waals surface area contributed by atoms with Gasteiger partial charge >= 0.3 is 0 Å². The largest absolute Gasteiger partial charge is 0.392 e. The maximum Gasteiger partial charge on any atom is 0.152 e. The Labute approximate surface area is 77.1 Å². The van der Waals surface area contributed by atoms with Crippen molar-refractivity contribution in [2.24, 2.45) is 11.3 Å². The summed E-state index contributed by atoms with van der Waals surface area (Å²) < 4.78 is 0. The molecule has 0 unspecified atom stereocenters. The fourth-order valence-corrected chi connectivity index (χ4v) is 2.75. The zero-order valence-electron chi connectivity index (χ0n) is 7.75. The standard InChI is InChI=1S/C10H14O3/c1-6(11)10-4-2-7(9(10)13)8(12)3-5-10/h7-8,12H,2-5H2,1H3/t7-,8+,10+/m0/s1. The SMILES string of the molecule is CC(=O)[C@]12CC[C@@H](O)[C@H](CC1)C2=O. The molecule has 2 fully saturated rings. The van der Waals surface area contributed by atoms with Gasteiger partial charge in [0.2, 0.25) is 0 Å². The number of rotatable bonds is 1. The zero-order chi connectivity index (χ0) is 9.64. The molecular formula is C10H14O3. The summed E-state index contributed by atoms with van der Waals surface area (Å²) >= 11 is 0. The van der Waals surface area contributed by atoms with Gasteiger partial charge in [-0.2, -0.15) is 0 Å². The Hall–Kier alpha value is -0.700. The van der Waals surface area contributed by atoms with E-state index in [9.17, 15) is 14.7 Å². The number of hydrogen-bond donors (Lipinski definition) is 1. The van der Waals surface area contributed by atoms with Crippen molar-refractivity contribution in [1.82, 2.24) is 0 Å². The fourth-order valence-electron chi connectivity index (χ4n) is 2.75. The highest BCUT2D eigenvalue weighted by Crippen LogP contribution is 2.49. The Morgan fingerprint density at radius 2 is 2.08 bits per heavy atom. The van der Waals surface area contributed by atoms with Crippen LogP contribution in [0.2, 0.25) is 0 Å². The molecule has 0 heterocycles. The number of aliphatic hydroxyl groups is 1. The third-order valence-electron chi connectivity index (χ3n) is 3.70. The van der Waals surface area contributed by atoms with Gasteiger partial charge in [-0.05, 0) is 32.6 Å². The molecule has 0 aromatic rings. The lowest BCUT2D eigenvalue weighted by atomic mass is 9.71. The van der Waals surface area contributed by atoms with Crippen molar-refractivity contribution in [3.63, 3.8) is 0 Å². The summed E-state index contributed by atoms with van der Waals surface area (Å²) in [5.74, 6) is -0.261. The molecule has 0 radical (unpaired) electrons. The van der Waals surface area contributed by atoms with Crippen molar-refractivity contribution in [1.29, 1.82) is 0 Å². The Kier molecular flexibility index (Phi) is 1.80. The molecule has 0 aromatic carbocycles. The second kappa shape index (κ2) is 2.64. The van der Waals surface area contributed by atoms with Crippen LogP contribution < -0.4 is 0 Å². The smallest absolute Gasteiger partial charge is 0.152 e. The Morgan fingerprint density at radius 3 is 2.69 bits per heavy atom. The molecule has 2 rings (SSSR count). The van der Waals surface area contributed by atoms with Crippen molar-refractivity contribution in [2.75, 3.05) is 0 Å². The van der Waals surface area contributed by atoms with Gasteiger partial charge in [-0.1, -0.05) is 0 Å². The lowest BCUT2D eigenvalue weighted by Crippen LogP contribution is -2.43. The first-order chi connectivity index (χ1) is 6.08. The summed E-state index contributed by atoms with van der Waals surface area (Å²) in [6, 6.07) is 0. The average molecular weight is 182 g/mol. The molecule has 0 amide bonds. The molecule has 72 valence electrons. The number of ketones is 2. The van der Waals surface area contributed by atoms with Crippen LogP contribution in [0.1, 0.15) is 32.6 Å². The van der Waals surface area contributed by atoms with Crippen LogP contribution in [-0.4, -0.2) is 22.8 Å². The summed E-state index contributed by atoms with van der Waals surface area (Å²) in [7, 11) is 0. The summed E-state index contributed by atoms with van der Waals surface area (Å²) in [5, 5.41) is 9.53. The lowest BCUT2D eigenvalue weighted by Gasteiger charge is -2.31. The molecule has 0 aliphatic heterocycles. The topological polar surface area (TPSA) is 54.4 Å². The highest BCUT2D eigenvalue weighted by atomic mass is 16.3. The summed E-state index contributed by atoms with van der Waals surface area (Å²) in [6.07, 6.45) is 2.01. The van der Waals surface area contributed by atoms with Crippen LogP contribution in [-0.2, 0) is 9.59 Å². The predicted molar refractivity (Wildman–Crippen MR) is 46.1 cm³/mol. The number of carbonyl (C=O) groups is 2. The van der Waals surface area contributed by atoms with Crippen LogP contribution in [0.3, 0.4) is 0 Å².